The number of aromatic nitrogens is 3. The maximum atomic E-state index is 4.46. The fourth-order valence-electron chi connectivity index (χ4n) is 2.65. The normalized spacial score (nSPS) is 20.3. The Hall–Kier alpha value is -1.62. The molecule has 90 valence electrons. The molecule has 0 saturated carbocycles. The van der Waals surface area contributed by atoms with Gasteiger partial charge >= 0.3 is 0 Å². The number of hydrogen-bond acceptors (Lipinski definition) is 4. The fraction of sp³-hybridized carbons (Fsp3) is 0.500. The summed E-state index contributed by atoms with van der Waals surface area (Å²) < 4.78 is 0. The first-order chi connectivity index (χ1) is 8.40. The third kappa shape index (κ3) is 1.76. The lowest BCUT2D eigenvalue weighted by Gasteiger charge is -2.25. The monoisotopic (exact) mass is 231 g/mol. The van der Waals surface area contributed by atoms with Crippen molar-refractivity contribution in [3.05, 3.63) is 18.6 Å². The molecule has 0 spiro atoms. The molecule has 2 aromatic heterocycles. The van der Waals surface area contributed by atoms with Gasteiger partial charge in [-0.25, -0.2) is 9.97 Å². The molecule has 0 amide bonds. The fourth-order valence-corrected chi connectivity index (χ4v) is 2.65. The van der Waals surface area contributed by atoms with Crippen LogP contribution in [0.2, 0.25) is 0 Å². The van der Waals surface area contributed by atoms with Gasteiger partial charge in [0.15, 0.2) is 0 Å². The van der Waals surface area contributed by atoms with Crippen molar-refractivity contribution in [3.8, 4) is 0 Å². The van der Waals surface area contributed by atoms with Gasteiger partial charge in [0.05, 0.1) is 5.39 Å². The van der Waals surface area contributed by atoms with Crippen LogP contribution in [0.1, 0.15) is 12.8 Å². The highest BCUT2D eigenvalue weighted by Gasteiger charge is 2.26. The molecule has 17 heavy (non-hydrogen) atoms. The third-order valence-corrected chi connectivity index (χ3v) is 3.42. The van der Waals surface area contributed by atoms with Gasteiger partial charge in [-0.05, 0) is 26.0 Å². The average Bonchev–Trinajstić information content (AvgIpc) is 2.96. The number of fused-ring (bicyclic) bond motifs is 1. The number of hydrogen-bond donors (Lipinski definition) is 2. The van der Waals surface area contributed by atoms with E-state index in [0.717, 1.165) is 29.9 Å². The lowest BCUT2D eigenvalue weighted by molar-refractivity contribution is 0.613. The molecule has 0 unspecified atom stereocenters. The van der Waals surface area contributed by atoms with Gasteiger partial charge in [-0.15, -0.1) is 0 Å². The number of nitrogens with one attached hydrogen (secondary N) is 2. The van der Waals surface area contributed by atoms with Gasteiger partial charge < -0.3 is 15.2 Å². The van der Waals surface area contributed by atoms with Gasteiger partial charge in [0, 0.05) is 25.3 Å². The highest BCUT2D eigenvalue weighted by atomic mass is 15.2. The van der Waals surface area contributed by atoms with Crippen LogP contribution in [0.3, 0.4) is 0 Å². The Morgan fingerprint density at radius 2 is 2.47 bits per heavy atom. The summed E-state index contributed by atoms with van der Waals surface area (Å²) in [7, 11) is 2.00. The number of anilines is 1. The SMILES string of the molecule is CNC[C@H]1CCCN1c1ncnc2[nH]ccc12. The Kier molecular flexibility index (Phi) is 2.68. The van der Waals surface area contributed by atoms with Crippen LogP contribution < -0.4 is 10.2 Å². The van der Waals surface area contributed by atoms with Crippen molar-refractivity contribution >= 4 is 16.9 Å². The summed E-state index contributed by atoms with van der Waals surface area (Å²) in [5.74, 6) is 1.06. The van der Waals surface area contributed by atoms with Gasteiger partial charge in [0.2, 0.25) is 0 Å². The van der Waals surface area contributed by atoms with Crippen LogP contribution in [0.4, 0.5) is 5.82 Å². The van der Waals surface area contributed by atoms with Crippen molar-refractivity contribution in [2.24, 2.45) is 0 Å². The minimum absolute atomic E-state index is 0.549. The first kappa shape index (κ1) is 10.5. The van der Waals surface area contributed by atoms with E-state index in [1.54, 1.807) is 6.33 Å². The summed E-state index contributed by atoms with van der Waals surface area (Å²) in [5, 5.41) is 4.38. The Morgan fingerprint density at radius 1 is 1.53 bits per heavy atom. The summed E-state index contributed by atoms with van der Waals surface area (Å²) in [5.41, 5.74) is 0.921. The molecular weight excluding hydrogens is 214 g/mol. The molecule has 1 fully saturated rings. The number of aromatic amines is 1. The van der Waals surface area contributed by atoms with Gasteiger partial charge in [0.25, 0.3) is 0 Å². The smallest absolute Gasteiger partial charge is 0.142 e. The summed E-state index contributed by atoms with van der Waals surface area (Å²) >= 11 is 0. The molecule has 0 aromatic carbocycles. The van der Waals surface area contributed by atoms with E-state index in [1.807, 2.05) is 13.2 Å². The van der Waals surface area contributed by atoms with E-state index in [0.29, 0.717) is 6.04 Å². The molecule has 2 aromatic rings. The zero-order chi connectivity index (χ0) is 11.7. The van der Waals surface area contributed by atoms with E-state index >= 15 is 0 Å². The molecule has 0 aliphatic carbocycles. The zero-order valence-electron chi connectivity index (χ0n) is 9.98. The molecule has 2 N–H and O–H groups in total. The standard InChI is InChI=1S/C12H17N5/c1-13-7-9-3-2-6-17(9)12-10-4-5-14-11(10)15-8-16-12/h4-5,8-9,13H,2-3,6-7H2,1H3,(H,14,15,16)/t9-/m1/s1. The van der Waals surface area contributed by atoms with Gasteiger partial charge in [-0.1, -0.05) is 0 Å². The topological polar surface area (TPSA) is 56.8 Å². The Bertz CT molecular complexity index is 506. The molecule has 0 radical (unpaired) electrons. The average molecular weight is 231 g/mol. The third-order valence-electron chi connectivity index (χ3n) is 3.42. The summed E-state index contributed by atoms with van der Waals surface area (Å²) in [6.45, 7) is 2.10. The lowest BCUT2D eigenvalue weighted by Crippen LogP contribution is -2.37. The molecular formula is C12H17N5. The first-order valence-electron chi connectivity index (χ1n) is 6.09. The van der Waals surface area contributed by atoms with E-state index in [2.05, 4.69) is 31.2 Å². The van der Waals surface area contributed by atoms with Gasteiger partial charge in [0.1, 0.15) is 17.8 Å². The quantitative estimate of drug-likeness (QED) is 0.832. The van der Waals surface area contributed by atoms with Crippen molar-refractivity contribution < 1.29 is 0 Å². The van der Waals surface area contributed by atoms with Crippen LogP contribution in [0.15, 0.2) is 18.6 Å². The second kappa shape index (κ2) is 4.33. The molecule has 1 aliphatic heterocycles. The number of likely N-dealkylation sites (N-methyl/N-ethyl adjacent to an activating group) is 1. The van der Waals surface area contributed by atoms with Gasteiger partial charge in [-0.2, -0.15) is 0 Å². The van der Waals surface area contributed by atoms with E-state index in [9.17, 15) is 0 Å². The van der Waals surface area contributed by atoms with Crippen LogP contribution in [0, 0.1) is 0 Å². The van der Waals surface area contributed by atoms with E-state index in [4.69, 9.17) is 0 Å². The summed E-state index contributed by atoms with van der Waals surface area (Å²) in [6.07, 6.45) is 6.04. The van der Waals surface area contributed by atoms with E-state index < -0.39 is 0 Å². The maximum Gasteiger partial charge on any atom is 0.142 e. The van der Waals surface area contributed by atoms with Crippen molar-refractivity contribution in [2.75, 3.05) is 25.0 Å². The number of nitrogens with zero attached hydrogens (tertiary/aromatic N) is 3. The maximum absolute atomic E-state index is 4.46. The van der Waals surface area contributed by atoms with Crippen molar-refractivity contribution in [3.63, 3.8) is 0 Å². The van der Waals surface area contributed by atoms with E-state index in [-0.39, 0.29) is 0 Å². The van der Waals surface area contributed by atoms with E-state index in [1.165, 1.54) is 12.8 Å². The van der Waals surface area contributed by atoms with Crippen molar-refractivity contribution in [2.45, 2.75) is 18.9 Å². The zero-order valence-corrected chi connectivity index (χ0v) is 9.98. The first-order valence-corrected chi connectivity index (χ1v) is 6.09. The summed E-state index contributed by atoms with van der Waals surface area (Å²) in [4.78, 5) is 14.2. The Balaban J connectivity index is 1.99. The van der Waals surface area contributed by atoms with Crippen LogP contribution in [0.25, 0.3) is 11.0 Å². The van der Waals surface area contributed by atoms with Crippen LogP contribution in [-0.4, -0.2) is 41.1 Å². The number of rotatable bonds is 3. The van der Waals surface area contributed by atoms with Crippen LogP contribution in [-0.2, 0) is 0 Å². The second-order valence-electron chi connectivity index (χ2n) is 4.48. The minimum atomic E-state index is 0.549. The summed E-state index contributed by atoms with van der Waals surface area (Å²) in [6, 6.07) is 2.60. The van der Waals surface area contributed by atoms with Crippen LogP contribution >= 0.6 is 0 Å². The molecule has 0 bridgehead atoms. The van der Waals surface area contributed by atoms with Crippen molar-refractivity contribution in [1.82, 2.24) is 20.3 Å². The Morgan fingerprint density at radius 3 is 3.35 bits per heavy atom. The molecule has 1 atom stereocenters. The minimum Gasteiger partial charge on any atom is -0.352 e. The van der Waals surface area contributed by atoms with Crippen molar-refractivity contribution in [1.29, 1.82) is 0 Å². The highest BCUT2D eigenvalue weighted by Crippen LogP contribution is 2.28. The molecule has 5 nitrogen and oxygen atoms in total. The number of H-pyrrole nitrogens is 1. The Labute approximate surface area is 100 Å². The molecule has 5 heteroatoms. The lowest BCUT2D eigenvalue weighted by atomic mass is 10.2. The highest BCUT2D eigenvalue weighted by molar-refractivity contribution is 5.87. The molecule has 3 heterocycles. The molecule has 1 saturated heterocycles. The predicted octanol–water partition coefficient (Wildman–Crippen LogP) is 1.15. The molecule has 3 rings (SSSR count). The molecule has 1 aliphatic rings. The van der Waals surface area contributed by atoms with Gasteiger partial charge in [-0.3, -0.25) is 0 Å². The predicted molar refractivity (Wildman–Crippen MR) is 68.2 cm³/mol. The largest absolute Gasteiger partial charge is 0.352 e. The second-order valence-corrected chi connectivity index (χ2v) is 4.48. The van der Waals surface area contributed by atoms with Crippen LogP contribution in [0.5, 0.6) is 0 Å².